The number of benzene rings is 1. The van der Waals surface area contributed by atoms with E-state index >= 15 is 0 Å². The number of hydrogen-bond donors (Lipinski definition) is 3. The molecular formula is C21H32N6O. The number of nitrogens with zero attached hydrogens (tertiary/aromatic N) is 3. The molecule has 0 aliphatic carbocycles. The Labute approximate surface area is 167 Å². The van der Waals surface area contributed by atoms with Crippen molar-refractivity contribution in [1.29, 1.82) is 0 Å². The van der Waals surface area contributed by atoms with Crippen LogP contribution in [0.3, 0.4) is 0 Å². The van der Waals surface area contributed by atoms with E-state index in [1.165, 1.54) is 0 Å². The molecule has 1 aromatic heterocycles. The highest BCUT2D eigenvalue weighted by atomic mass is 16.1. The second kappa shape index (κ2) is 12.5. The van der Waals surface area contributed by atoms with Crippen molar-refractivity contribution in [3.8, 4) is 0 Å². The van der Waals surface area contributed by atoms with Gasteiger partial charge in [-0.3, -0.25) is 9.48 Å². The number of hydrogen-bond acceptors (Lipinski definition) is 3. The highest BCUT2D eigenvalue weighted by molar-refractivity contribution is 5.94. The van der Waals surface area contributed by atoms with Gasteiger partial charge < -0.3 is 16.0 Å². The lowest BCUT2D eigenvalue weighted by Crippen LogP contribution is -2.38. The van der Waals surface area contributed by atoms with Gasteiger partial charge in [0, 0.05) is 44.1 Å². The Kier molecular flexibility index (Phi) is 9.61. The first-order valence-electron chi connectivity index (χ1n) is 10.1. The molecule has 0 unspecified atom stereocenters. The Morgan fingerprint density at radius 2 is 1.86 bits per heavy atom. The molecule has 3 N–H and O–H groups in total. The van der Waals surface area contributed by atoms with E-state index in [1.54, 1.807) is 6.20 Å². The quantitative estimate of drug-likeness (QED) is 0.316. The minimum Gasteiger partial charge on any atom is -0.357 e. The molecule has 1 heterocycles. The zero-order valence-corrected chi connectivity index (χ0v) is 16.9. The standard InChI is InChI=1S/C21H32N6O/c1-3-5-12-23-20(28)19-10-8-18(9-11-19)17-25-21(22-4-2)24-13-6-15-27-16-7-14-26-27/h7-11,14,16H,3-6,12-13,15,17H2,1-2H3,(H,23,28)(H2,22,24,25). The van der Waals surface area contributed by atoms with Gasteiger partial charge in [-0.15, -0.1) is 0 Å². The normalized spacial score (nSPS) is 11.3. The van der Waals surface area contributed by atoms with E-state index in [2.05, 4.69) is 33.0 Å². The molecule has 1 aromatic carbocycles. The third-order valence-electron chi connectivity index (χ3n) is 4.21. The Balaban J connectivity index is 1.79. The number of amides is 1. The minimum atomic E-state index is -0.0179. The van der Waals surface area contributed by atoms with Gasteiger partial charge in [-0.2, -0.15) is 5.10 Å². The summed E-state index contributed by atoms with van der Waals surface area (Å²) in [7, 11) is 0. The molecule has 0 fully saturated rings. The van der Waals surface area contributed by atoms with E-state index < -0.39 is 0 Å². The van der Waals surface area contributed by atoms with Gasteiger partial charge in [0.05, 0.1) is 6.54 Å². The summed E-state index contributed by atoms with van der Waals surface area (Å²) in [6.45, 7) is 7.95. The van der Waals surface area contributed by atoms with Crippen LogP contribution in [0.5, 0.6) is 0 Å². The summed E-state index contributed by atoms with van der Waals surface area (Å²) in [5.74, 6) is 0.778. The van der Waals surface area contributed by atoms with E-state index in [9.17, 15) is 4.79 Å². The second-order valence-electron chi connectivity index (χ2n) is 6.55. The van der Waals surface area contributed by atoms with Gasteiger partial charge in [0.2, 0.25) is 0 Å². The summed E-state index contributed by atoms with van der Waals surface area (Å²) in [4.78, 5) is 16.7. The van der Waals surface area contributed by atoms with Crippen molar-refractivity contribution in [2.45, 2.75) is 46.2 Å². The number of unbranched alkanes of at least 4 members (excludes halogenated alkanes) is 1. The molecule has 0 spiro atoms. The number of aliphatic imine (C=N–C) groups is 1. The molecular weight excluding hydrogens is 352 g/mol. The monoisotopic (exact) mass is 384 g/mol. The van der Waals surface area contributed by atoms with Crippen LogP contribution in [0.1, 0.15) is 49.0 Å². The lowest BCUT2D eigenvalue weighted by atomic mass is 10.1. The maximum absolute atomic E-state index is 12.0. The molecule has 152 valence electrons. The van der Waals surface area contributed by atoms with E-state index in [1.807, 2.05) is 48.1 Å². The van der Waals surface area contributed by atoms with Crippen LogP contribution in [-0.4, -0.2) is 41.3 Å². The molecule has 0 aliphatic heterocycles. The first-order chi connectivity index (χ1) is 13.7. The minimum absolute atomic E-state index is 0.0179. The van der Waals surface area contributed by atoms with Crippen molar-refractivity contribution in [3.05, 3.63) is 53.9 Å². The van der Waals surface area contributed by atoms with Crippen LogP contribution in [0.15, 0.2) is 47.7 Å². The SMILES string of the molecule is CCCCNC(=O)c1ccc(CN=C(NCC)NCCCn2cccn2)cc1. The molecule has 2 rings (SSSR count). The average molecular weight is 385 g/mol. The predicted molar refractivity (Wildman–Crippen MR) is 113 cm³/mol. The summed E-state index contributed by atoms with van der Waals surface area (Å²) >= 11 is 0. The van der Waals surface area contributed by atoms with Crippen molar-refractivity contribution in [3.63, 3.8) is 0 Å². The summed E-state index contributed by atoms with van der Waals surface area (Å²) in [6.07, 6.45) is 6.79. The van der Waals surface area contributed by atoms with Crippen LogP contribution < -0.4 is 16.0 Å². The van der Waals surface area contributed by atoms with E-state index in [0.29, 0.717) is 12.1 Å². The van der Waals surface area contributed by atoms with Crippen LogP contribution in [-0.2, 0) is 13.1 Å². The Morgan fingerprint density at radius 3 is 2.54 bits per heavy atom. The van der Waals surface area contributed by atoms with Crippen LogP contribution in [0.4, 0.5) is 0 Å². The average Bonchev–Trinajstić information content (AvgIpc) is 3.23. The largest absolute Gasteiger partial charge is 0.357 e. The maximum atomic E-state index is 12.0. The van der Waals surface area contributed by atoms with Crippen molar-refractivity contribution < 1.29 is 4.79 Å². The number of aromatic nitrogens is 2. The molecule has 0 saturated heterocycles. The summed E-state index contributed by atoms with van der Waals surface area (Å²) < 4.78 is 1.92. The molecule has 2 aromatic rings. The lowest BCUT2D eigenvalue weighted by molar-refractivity contribution is 0.0953. The Hall–Kier alpha value is -2.83. The third kappa shape index (κ3) is 7.82. The number of nitrogens with one attached hydrogen (secondary N) is 3. The van der Waals surface area contributed by atoms with Crippen LogP contribution in [0, 0.1) is 0 Å². The highest BCUT2D eigenvalue weighted by Crippen LogP contribution is 2.06. The van der Waals surface area contributed by atoms with Gasteiger partial charge in [0.15, 0.2) is 5.96 Å². The molecule has 0 aliphatic rings. The maximum Gasteiger partial charge on any atom is 0.251 e. The number of carbonyl (C=O) groups is 1. The zero-order valence-electron chi connectivity index (χ0n) is 16.9. The highest BCUT2D eigenvalue weighted by Gasteiger charge is 2.04. The van der Waals surface area contributed by atoms with Gasteiger partial charge in [-0.05, 0) is 43.5 Å². The van der Waals surface area contributed by atoms with Crippen LogP contribution >= 0.6 is 0 Å². The van der Waals surface area contributed by atoms with Crippen LogP contribution in [0.25, 0.3) is 0 Å². The van der Waals surface area contributed by atoms with Crippen molar-refractivity contribution in [1.82, 2.24) is 25.7 Å². The molecule has 7 heteroatoms. The molecule has 0 bridgehead atoms. The van der Waals surface area contributed by atoms with Gasteiger partial charge in [0.25, 0.3) is 5.91 Å². The number of guanidine groups is 1. The molecule has 7 nitrogen and oxygen atoms in total. The summed E-state index contributed by atoms with van der Waals surface area (Å²) in [6, 6.07) is 9.56. The fourth-order valence-corrected chi connectivity index (χ4v) is 2.63. The number of aryl methyl sites for hydroxylation is 1. The predicted octanol–water partition coefficient (Wildman–Crippen LogP) is 2.56. The van der Waals surface area contributed by atoms with Gasteiger partial charge in [-0.25, -0.2) is 4.99 Å². The number of carbonyl (C=O) groups excluding carboxylic acids is 1. The van der Waals surface area contributed by atoms with Crippen molar-refractivity contribution >= 4 is 11.9 Å². The van der Waals surface area contributed by atoms with Gasteiger partial charge in [0.1, 0.15) is 0 Å². The first kappa shape index (κ1) is 21.5. The summed E-state index contributed by atoms with van der Waals surface area (Å²) in [5.41, 5.74) is 1.76. The zero-order chi connectivity index (χ0) is 20.0. The van der Waals surface area contributed by atoms with Gasteiger partial charge in [-0.1, -0.05) is 25.5 Å². The molecule has 0 saturated carbocycles. The summed E-state index contributed by atoms with van der Waals surface area (Å²) in [5, 5.41) is 13.7. The number of rotatable bonds is 11. The molecule has 0 radical (unpaired) electrons. The Morgan fingerprint density at radius 1 is 1.07 bits per heavy atom. The van der Waals surface area contributed by atoms with E-state index in [0.717, 1.165) is 57.0 Å². The van der Waals surface area contributed by atoms with Crippen molar-refractivity contribution in [2.75, 3.05) is 19.6 Å². The fraction of sp³-hybridized carbons (Fsp3) is 0.476. The fourth-order valence-electron chi connectivity index (χ4n) is 2.63. The Bertz CT molecular complexity index is 709. The molecule has 0 atom stereocenters. The van der Waals surface area contributed by atoms with Crippen molar-refractivity contribution in [2.24, 2.45) is 4.99 Å². The third-order valence-corrected chi connectivity index (χ3v) is 4.21. The smallest absolute Gasteiger partial charge is 0.251 e. The molecule has 1 amide bonds. The van der Waals surface area contributed by atoms with E-state index in [-0.39, 0.29) is 5.91 Å². The van der Waals surface area contributed by atoms with Gasteiger partial charge >= 0.3 is 0 Å². The molecule has 28 heavy (non-hydrogen) atoms. The van der Waals surface area contributed by atoms with Crippen LogP contribution in [0.2, 0.25) is 0 Å². The topological polar surface area (TPSA) is 83.3 Å². The van der Waals surface area contributed by atoms with E-state index in [4.69, 9.17) is 0 Å². The first-order valence-corrected chi connectivity index (χ1v) is 10.1. The lowest BCUT2D eigenvalue weighted by Gasteiger charge is -2.11. The second-order valence-corrected chi connectivity index (χ2v) is 6.55.